The van der Waals surface area contributed by atoms with Crippen LogP contribution in [-0.4, -0.2) is 36.0 Å². The van der Waals surface area contributed by atoms with Gasteiger partial charge in [-0.2, -0.15) is 0 Å². The number of nitrogens with one attached hydrogen (secondary N) is 1. The maximum Gasteiger partial charge on any atom is 0.253 e. The molecule has 0 radical (unpaired) electrons. The van der Waals surface area contributed by atoms with Crippen LogP contribution in [0.3, 0.4) is 0 Å². The molecule has 1 aromatic rings. The number of rotatable bonds is 3. The number of amides is 1. The molecule has 1 heterocycles. The number of hydrogen-bond acceptors (Lipinski definition) is 2. The van der Waals surface area contributed by atoms with Crippen LogP contribution >= 0.6 is 0 Å². The van der Waals surface area contributed by atoms with Crippen LogP contribution < -0.4 is 5.32 Å². The molecule has 1 amide bonds. The highest BCUT2D eigenvalue weighted by Crippen LogP contribution is 2.42. The summed E-state index contributed by atoms with van der Waals surface area (Å²) < 4.78 is 0. The summed E-state index contributed by atoms with van der Waals surface area (Å²) in [4.78, 5) is 14.5. The average molecular weight is 312 g/mol. The molecule has 3 aliphatic rings. The van der Waals surface area contributed by atoms with E-state index in [1.165, 1.54) is 32.1 Å². The molecular formula is C20H28N2O. The summed E-state index contributed by atoms with van der Waals surface area (Å²) in [6, 6.07) is 11.0. The van der Waals surface area contributed by atoms with Crippen molar-refractivity contribution in [3.8, 4) is 0 Å². The van der Waals surface area contributed by atoms with E-state index in [4.69, 9.17) is 0 Å². The lowest BCUT2D eigenvalue weighted by molar-refractivity contribution is 0.0697. The summed E-state index contributed by atoms with van der Waals surface area (Å²) >= 11 is 0. The fourth-order valence-corrected chi connectivity index (χ4v) is 4.99. The topological polar surface area (TPSA) is 32.3 Å². The van der Waals surface area contributed by atoms with Gasteiger partial charge >= 0.3 is 0 Å². The summed E-state index contributed by atoms with van der Waals surface area (Å²) in [5.41, 5.74) is 0.822. The third-order valence-electron chi connectivity index (χ3n) is 6.16. The first-order chi connectivity index (χ1) is 11.3. The Kier molecular flexibility index (Phi) is 4.39. The number of benzene rings is 1. The Balaban J connectivity index is 1.27. The third kappa shape index (κ3) is 3.45. The van der Waals surface area contributed by atoms with Gasteiger partial charge in [-0.05, 0) is 56.1 Å². The maximum atomic E-state index is 12.5. The number of carbonyl (C=O) groups is 1. The lowest BCUT2D eigenvalue weighted by Gasteiger charge is -2.37. The summed E-state index contributed by atoms with van der Waals surface area (Å²) in [6.45, 7) is 1.79. The largest absolute Gasteiger partial charge is 0.339 e. The minimum atomic E-state index is 0.194. The van der Waals surface area contributed by atoms with E-state index in [0.717, 1.165) is 49.4 Å². The van der Waals surface area contributed by atoms with Gasteiger partial charge in [0.15, 0.2) is 0 Å². The second-order valence-corrected chi connectivity index (χ2v) is 7.81. The molecule has 1 N–H and O–H groups in total. The van der Waals surface area contributed by atoms with Gasteiger partial charge in [-0.1, -0.05) is 31.0 Å². The van der Waals surface area contributed by atoms with Crippen molar-refractivity contribution in [1.82, 2.24) is 10.2 Å². The Morgan fingerprint density at radius 3 is 2.17 bits per heavy atom. The van der Waals surface area contributed by atoms with Crippen molar-refractivity contribution in [2.75, 3.05) is 13.1 Å². The molecule has 2 bridgehead atoms. The molecule has 3 fully saturated rings. The van der Waals surface area contributed by atoms with Gasteiger partial charge in [0, 0.05) is 30.7 Å². The normalized spacial score (nSPS) is 31.3. The summed E-state index contributed by atoms with van der Waals surface area (Å²) in [5.74, 6) is 2.18. The molecule has 1 saturated heterocycles. The molecule has 0 spiro atoms. The molecular weight excluding hydrogens is 284 g/mol. The van der Waals surface area contributed by atoms with Crippen molar-refractivity contribution < 1.29 is 4.79 Å². The zero-order valence-electron chi connectivity index (χ0n) is 13.9. The molecule has 1 aliphatic heterocycles. The fourth-order valence-electron chi connectivity index (χ4n) is 4.99. The maximum absolute atomic E-state index is 12.5. The van der Waals surface area contributed by atoms with Crippen LogP contribution in [-0.2, 0) is 0 Å². The van der Waals surface area contributed by atoms with E-state index in [0.29, 0.717) is 6.04 Å². The number of fused-ring (bicyclic) bond motifs is 2. The van der Waals surface area contributed by atoms with Crippen molar-refractivity contribution >= 4 is 5.91 Å². The van der Waals surface area contributed by atoms with Crippen molar-refractivity contribution in [2.24, 2.45) is 11.8 Å². The molecule has 3 nitrogen and oxygen atoms in total. The number of carbonyl (C=O) groups excluding carboxylic acids is 1. The fraction of sp³-hybridized carbons (Fsp3) is 0.650. The molecule has 1 aromatic carbocycles. The van der Waals surface area contributed by atoms with E-state index < -0.39 is 0 Å². The lowest BCUT2D eigenvalue weighted by atomic mass is 9.85. The Hall–Kier alpha value is -1.35. The van der Waals surface area contributed by atoms with Crippen LogP contribution in [0, 0.1) is 11.8 Å². The standard InChI is InChI=1S/C20H28N2O/c23-20(17-4-2-1-3-5-17)22-10-8-18(9-11-22)21-19-13-15-6-7-16(12-15)14-19/h1-5,15-16,18-19,21H,6-14H2/t15-,16+,19?. The molecule has 23 heavy (non-hydrogen) atoms. The summed E-state index contributed by atoms with van der Waals surface area (Å²) in [7, 11) is 0. The zero-order valence-corrected chi connectivity index (χ0v) is 13.9. The molecule has 3 heteroatoms. The third-order valence-corrected chi connectivity index (χ3v) is 6.16. The van der Waals surface area contributed by atoms with Gasteiger partial charge in [0.05, 0.1) is 0 Å². The van der Waals surface area contributed by atoms with Crippen molar-refractivity contribution in [1.29, 1.82) is 0 Å². The second kappa shape index (κ2) is 6.64. The first-order valence-electron chi connectivity index (χ1n) is 9.38. The van der Waals surface area contributed by atoms with E-state index in [2.05, 4.69) is 5.32 Å². The predicted molar refractivity (Wildman–Crippen MR) is 92.4 cm³/mol. The van der Waals surface area contributed by atoms with E-state index in [9.17, 15) is 4.79 Å². The quantitative estimate of drug-likeness (QED) is 0.927. The van der Waals surface area contributed by atoms with Crippen molar-refractivity contribution in [3.63, 3.8) is 0 Å². The molecule has 2 saturated carbocycles. The first-order valence-corrected chi connectivity index (χ1v) is 9.38. The minimum absolute atomic E-state index is 0.194. The number of piperidine rings is 1. The van der Waals surface area contributed by atoms with Gasteiger partial charge < -0.3 is 10.2 Å². The van der Waals surface area contributed by atoms with Gasteiger partial charge in [0.1, 0.15) is 0 Å². The van der Waals surface area contributed by atoms with Gasteiger partial charge in [-0.3, -0.25) is 4.79 Å². The molecule has 4 rings (SSSR count). The highest BCUT2D eigenvalue weighted by atomic mass is 16.2. The van der Waals surface area contributed by atoms with Crippen molar-refractivity contribution in [3.05, 3.63) is 35.9 Å². The molecule has 0 aromatic heterocycles. The lowest BCUT2D eigenvalue weighted by Crippen LogP contribution is -2.49. The Morgan fingerprint density at radius 1 is 0.870 bits per heavy atom. The monoisotopic (exact) mass is 312 g/mol. The number of nitrogens with zero attached hydrogens (tertiary/aromatic N) is 1. The Bertz CT molecular complexity index is 524. The van der Waals surface area contributed by atoms with Crippen LogP contribution in [0.25, 0.3) is 0 Å². The summed E-state index contributed by atoms with van der Waals surface area (Å²) in [5, 5.41) is 3.92. The van der Waals surface area contributed by atoms with Gasteiger partial charge in [0.2, 0.25) is 0 Å². The average Bonchev–Trinajstić information content (AvgIpc) is 2.94. The van der Waals surface area contributed by atoms with Crippen LogP contribution in [0.15, 0.2) is 30.3 Å². The van der Waals surface area contributed by atoms with Crippen LogP contribution in [0.2, 0.25) is 0 Å². The molecule has 124 valence electrons. The van der Waals surface area contributed by atoms with Crippen LogP contribution in [0.1, 0.15) is 55.3 Å². The van der Waals surface area contributed by atoms with Crippen LogP contribution in [0.4, 0.5) is 0 Å². The van der Waals surface area contributed by atoms with Gasteiger partial charge in [-0.25, -0.2) is 0 Å². The highest BCUT2D eigenvalue weighted by Gasteiger charge is 2.35. The first kappa shape index (κ1) is 15.2. The minimum Gasteiger partial charge on any atom is -0.339 e. The van der Waals surface area contributed by atoms with Crippen LogP contribution in [0.5, 0.6) is 0 Å². The smallest absolute Gasteiger partial charge is 0.253 e. The second-order valence-electron chi connectivity index (χ2n) is 7.81. The zero-order chi connectivity index (χ0) is 15.6. The van der Waals surface area contributed by atoms with E-state index >= 15 is 0 Å². The van der Waals surface area contributed by atoms with Gasteiger partial charge in [0.25, 0.3) is 5.91 Å². The Labute approximate surface area is 139 Å². The Morgan fingerprint density at radius 2 is 1.52 bits per heavy atom. The number of hydrogen-bond donors (Lipinski definition) is 1. The van der Waals surface area contributed by atoms with Crippen molar-refractivity contribution in [2.45, 2.75) is 57.0 Å². The number of likely N-dealkylation sites (tertiary alicyclic amines) is 1. The molecule has 1 unspecified atom stereocenters. The SMILES string of the molecule is O=C(c1ccccc1)N1CCC(NC2C[C@H]3CC[C@@H](C2)C3)CC1. The van der Waals surface area contributed by atoms with E-state index in [-0.39, 0.29) is 5.91 Å². The van der Waals surface area contributed by atoms with E-state index in [1.54, 1.807) is 0 Å². The molecule has 2 aliphatic carbocycles. The molecule has 3 atom stereocenters. The van der Waals surface area contributed by atoms with E-state index in [1.807, 2.05) is 35.2 Å². The predicted octanol–water partition coefficient (Wildman–Crippen LogP) is 3.46. The highest BCUT2D eigenvalue weighted by molar-refractivity contribution is 5.94. The van der Waals surface area contributed by atoms with Gasteiger partial charge in [-0.15, -0.1) is 0 Å². The summed E-state index contributed by atoms with van der Waals surface area (Å²) in [6.07, 6.45) is 9.40.